The molecule has 2 heterocycles. The van der Waals surface area contributed by atoms with E-state index in [-0.39, 0.29) is 44.3 Å². The number of carbonyl (C=O) groups excluding carboxylic acids is 1. The fraction of sp³-hybridized carbons (Fsp3) is 0.808. The molecule has 1 saturated heterocycles. The molecule has 0 aromatic carbocycles. The van der Waals surface area contributed by atoms with Crippen molar-refractivity contribution in [2.45, 2.75) is 105 Å². The fourth-order valence-corrected chi connectivity index (χ4v) is 6.26. The summed E-state index contributed by atoms with van der Waals surface area (Å²) in [6.07, 6.45) is -5.61. The summed E-state index contributed by atoms with van der Waals surface area (Å²) >= 11 is 0. The number of aliphatic hydroxyl groups is 4. The number of hydrogen-bond acceptors (Lipinski definition) is 14. The molecule has 2 saturated carbocycles. The number of ether oxygens (including phenoxy) is 4. The lowest BCUT2D eigenvalue weighted by molar-refractivity contribution is -0.308. The fourth-order valence-electron chi connectivity index (χ4n) is 6.26. The van der Waals surface area contributed by atoms with Gasteiger partial charge in [-0.05, 0) is 38.8 Å². The summed E-state index contributed by atoms with van der Waals surface area (Å²) in [4.78, 5) is 21.4. The standard InChI is InChI=1S/C26H47N9O9/c1-25(39)9-41-22(17(38)20(25)33-2)43-18-10(6-15(36)26(40)7-14(26)35-24(31)32)5-12(28)19(16(18)37)44-21-13(34-23(29)30)4-3-11(8-27)42-21/h3,10,12-14,16-22,33,37-40H,4-9,27-28H2,1-2H3,(H4,29,30,34)(H4,31,32,35)/t10-,12-,13+,14?,16+,17+,18-,19?,20+,21+,22+,25-,26?/m0/s1. The molecule has 17 N–H and O–H groups in total. The highest BCUT2D eigenvalue weighted by Gasteiger charge is 2.60. The molecule has 18 nitrogen and oxygen atoms in total. The number of likely N-dealkylation sites (N-methyl/N-ethyl adjacent to an activating group) is 1. The van der Waals surface area contributed by atoms with Gasteiger partial charge in [0, 0.05) is 18.9 Å². The van der Waals surface area contributed by atoms with Gasteiger partial charge in [-0.15, -0.1) is 0 Å². The van der Waals surface area contributed by atoms with E-state index in [9.17, 15) is 25.2 Å². The maximum Gasteiger partial charge on any atom is 0.222 e. The van der Waals surface area contributed by atoms with Crippen LogP contribution >= 0.6 is 0 Å². The summed E-state index contributed by atoms with van der Waals surface area (Å²) in [6, 6.07) is -3.16. The molecule has 0 aromatic rings. The number of ketones is 1. The molecule has 2 aliphatic heterocycles. The number of Topliss-reactive ketones (excluding diaryl/α,β-unsaturated/α-hetero) is 1. The van der Waals surface area contributed by atoms with Gasteiger partial charge in [-0.3, -0.25) is 4.79 Å². The maximum atomic E-state index is 13.3. The zero-order chi connectivity index (χ0) is 32.6. The molecule has 0 amide bonds. The van der Waals surface area contributed by atoms with Crippen molar-refractivity contribution in [3.63, 3.8) is 0 Å². The molecule has 0 bridgehead atoms. The Morgan fingerprint density at radius 3 is 2.36 bits per heavy atom. The predicted molar refractivity (Wildman–Crippen MR) is 156 cm³/mol. The number of carbonyl (C=O) groups is 1. The molecule has 44 heavy (non-hydrogen) atoms. The molecule has 2 aliphatic carbocycles. The van der Waals surface area contributed by atoms with Crippen LogP contribution in [0.15, 0.2) is 21.8 Å². The van der Waals surface area contributed by atoms with E-state index < -0.39 is 84.1 Å². The van der Waals surface area contributed by atoms with Crippen molar-refractivity contribution in [3.05, 3.63) is 11.8 Å². The Kier molecular flexibility index (Phi) is 10.4. The van der Waals surface area contributed by atoms with Gasteiger partial charge in [0.25, 0.3) is 0 Å². The van der Waals surface area contributed by atoms with Crippen molar-refractivity contribution in [1.29, 1.82) is 0 Å². The Labute approximate surface area is 254 Å². The van der Waals surface area contributed by atoms with E-state index in [2.05, 4.69) is 15.3 Å². The Balaban J connectivity index is 1.59. The van der Waals surface area contributed by atoms with E-state index in [1.807, 2.05) is 0 Å². The van der Waals surface area contributed by atoms with Crippen LogP contribution in [0, 0.1) is 5.92 Å². The highest BCUT2D eigenvalue weighted by molar-refractivity contribution is 5.92. The summed E-state index contributed by atoms with van der Waals surface area (Å²) in [7, 11) is 1.56. The largest absolute Gasteiger partial charge is 0.466 e. The third-order valence-corrected chi connectivity index (χ3v) is 8.67. The normalized spacial score (nSPS) is 43.7. The number of nitrogens with zero attached hydrogens (tertiary/aromatic N) is 2. The highest BCUT2D eigenvalue weighted by Crippen LogP contribution is 2.43. The minimum atomic E-state index is -1.78. The van der Waals surface area contributed by atoms with Gasteiger partial charge < -0.3 is 79.1 Å². The molecule has 0 radical (unpaired) electrons. The van der Waals surface area contributed by atoms with Crippen LogP contribution < -0.4 is 39.7 Å². The minimum absolute atomic E-state index is 0.0356. The molecule has 18 heteroatoms. The Morgan fingerprint density at radius 2 is 1.75 bits per heavy atom. The molecule has 3 fully saturated rings. The van der Waals surface area contributed by atoms with Crippen LogP contribution in [0.4, 0.5) is 0 Å². The first-order valence-corrected chi connectivity index (χ1v) is 14.5. The average Bonchev–Trinajstić information content (AvgIpc) is 3.59. The number of guanidine groups is 2. The van der Waals surface area contributed by atoms with Crippen molar-refractivity contribution < 1.29 is 44.2 Å². The topological polar surface area (TPSA) is 328 Å². The molecule has 4 rings (SSSR count). The van der Waals surface area contributed by atoms with E-state index in [4.69, 9.17) is 53.3 Å². The van der Waals surface area contributed by atoms with Crippen molar-refractivity contribution in [1.82, 2.24) is 5.32 Å². The summed E-state index contributed by atoms with van der Waals surface area (Å²) in [6.45, 7) is 1.38. The van der Waals surface area contributed by atoms with Gasteiger partial charge in [0.2, 0.25) is 6.29 Å². The maximum absolute atomic E-state index is 13.3. The molecule has 4 aliphatic rings. The van der Waals surface area contributed by atoms with E-state index in [1.54, 1.807) is 13.1 Å². The molecule has 0 aromatic heterocycles. The summed E-state index contributed by atoms with van der Waals surface area (Å²) in [5.41, 5.74) is 31.1. The van der Waals surface area contributed by atoms with Crippen molar-refractivity contribution in [2.24, 2.45) is 50.3 Å². The van der Waals surface area contributed by atoms with E-state index in [0.717, 1.165) is 0 Å². The number of rotatable bonds is 11. The van der Waals surface area contributed by atoms with Gasteiger partial charge in [0.1, 0.15) is 41.3 Å². The third-order valence-electron chi connectivity index (χ3n) is 8.67. The second-order valence-corrected chi connectivity index (χ2v) is 12.2. The van der Waals surface area contributed by atoms with Crippen molar-refractivity contribution in [2.75, 3.05) is 20.2 Å². The number of aliphatic imine (C=N–C) groups is 2. The number of nitrogens with one attached hydrogen (secondary N) is 1. The van der Waals surface area contributed by atoms with Gasteiger partial charge in [0.15, 0.2) is 24.0 Å². The van der Waals surface area contributed by atoms with Crippen LogP contribution in [0.1, 0.15) is 32.6 Å². The molecule has 3 unspecified atom stereocenters. The minimum Gasteiger partial charge on any atom is -0.466 e. The van der Waals surface area contributed by atoms with Crippen molar-refractivity contribution >= 4 is 17.7 Å². The van der Waals surface area contributed by atoms with Crippen LogP contribution in [0.5, 0.6) is 0 Å². The summed E-state index contributed by atoms with van der Waals surface area (Å²) < 4.78 is 23.9. The number of hydrogen-bond donors (Lipinski definition) is 11. The molecular formula is C26H47N9O9. The Hall–Kier alpha value is -2.65. The SMILES string of the molecule is CN[C@@H]1[C@@H](O)[C@@H](O[C@H]2[C@H](CC(=O)C3(O)CC3N=C(N)N)C[C@H](N)C(O[C@H]3OC(CN)=CC[C@H]3N=C(N)N)[C@@H]2O)OC[C@]1(C)O. The first-order valence-electron chi connectivity index (χ1n) is 14.5. The molecule has 250 valence electrons. The zero-order valence-corrected chi connectivity index (χ0v) is 24.9. The smallest absolute Gasteiger partial charge is 0.222 e. The monoisotopic (exact) mass is 629 g/mol. The van der Waals surface area contributed by atoms with Crippen LogP contribution in [0.2, 0.25) is 0 Å². The van der Waals surface area contributed by atoms with Crippen LogP contribution in [-0.4, -0.2) is 131 Å². The third kappa shape index (κ3) is 7.25. The first kappa shape index (κ1) is 34.2. The Morgan fingerprint density at radius 1 is 1.09 bits per heavy atom. The van der Waals surface area contributed by atoms with Gasteiger partial charge in [0.05, 0.1) is 31.3 Å². The zero-order valence-electron chi connectivity index (χ0n) is 24.9. The van der Waals surface area contributed by atoms with Gasteiger partial charge >= 0.3 is 0 Å². The van der Waals surface area contributed by atoms with Crippen LogP contribution in [-0.2, 0) is 23.7 Å². The second-order valence-electron chi connectivity index (χ2n) is 12.2. The lowest BCUT2D eigenvalue weighted by Crippen LogP contribution is -2.67. The second kappa shape index (κ2) is 13.4. The highest BCUT2D eigenvalue weighted by atomic mass is 16.7. The summed E-state index contributed by atoms with van der Waals surface area (Å²) in [5, 5.41) is 47.1. The lowest BCUT2D eigenvalue weighted by Gasteiger charge is -2.48. The van der Waals surface area contributed by atoms with E-state index in [1.165, 1.54) is 6.92 Å². The molecule has 0 spiro atoms. The van der Waals surface area contributed by atoms with Crippen molar-refractivity contribution in [3.8, 4) is 0 Å². The lowest BCUT2D eigenvalue weighted by atomic mass is 9.76. The summed E-state index contributed by atoms with van der Waals surface area (Å²) in [5.74, 6) is -1.34. The number of aliphatic hydroxyl groups excluding tert-OH is 2. The average molecular weight is 630 g/mol. The number of nitrogens with two attached hydrogens (primary N) is 6. The van der Waals surface area contributed by atoms with Gasteiger partial charge in [-0.1, -0.05) is 0 Å². The quantitative estimate of drug-likeness (QED) is 0.0749. The van der Waals surface area contributed by atoms with Gasteiger partial charge in [-0.2, -0.15) is 0 Å². The predicted octanol–water partition coefficient (Wildman–Crippen LogP) is -5.51. The molecular weight excluding hydrogens is 582 g/mol. The van der Waals surface area contributed by atoms with Crippen LogP contribution in [0.3, 0.4) is 0 Å². The molecule has 13 atom stereocenters. The van der Waals surface area contributed by atoms with E-state index >= 15 is 0 Å². The Bertz CT molecular complexity index is 1130. The first-order chi connectivity index (χ1) is 20.6. The van der Waals surface area contributed by atoms with E-state index in [0.29, 0.717) is 12.2 Å². The van der Waals surface area contributed by atoms with Crippen LogP contribution in [0.25, 0.3) is 0 Å². The van der Waals surface area contributed by atoms with Gasteiger partial charge in [-0.25, -0.2) is 9.98 Å².